The third kappa shape index (κ3) is 2.09. The van der Waals surface area contributed by atoms with Crippen LogP contribution in [0.15, 0.2) is 42.5 Å². The molecule has 0 bridgehead atoms. The van der Waals surface area contributed by atoms with Crippen LogP contribution in [0.5, 0.6) is 5.75 Å². The van der Waals surface area contributed by atoms with Gasteiger partial charge in [0.15, 0.2) is 23.3 Å². The predicted octanol–water partition coefficient (Wildman–Crippen LogP) is 5.07. The molecule has 3 aromatic rings. The first-order chi connectivity index (χ1) is 10.5. The summed E-state index contributed by atoms with van der Waals surface area (Å²) in [4.78, 5) is 0. The SMILES string of the molecule is COc1ccc(-c2c(F)c(F)cc(F)c2F)c2ccccc12. The van der Waals surface area contributed by atoms with Crippen molar-refractivity contribution >= 4 is 10.8 Å². The highest BCUT2D eigenvalue weighted by Gasteiger charge is 2.22. The van der Waals surface area contributed by atoms with Crippen LogP contribution in [-0.2, 0) is 0 Å². The lowest BCUT2D eigenvalue weighted by Gasteiger charge is -2.12. The van der Waals surface area contributed by atoms with Gasteiger partial charge in [-0.05, 0) is 23.1 Å². The predicted molar refractivity (Wildman–Crippen MR) is 75.8 cm³/mol. The molecule has 5 heteroatoms. The normalized spacial score (nSPS) is 11.0. The van der Waals surface area contributed by atoms with Gasteiger partial charge in [0.2, 0.25) is 0 Å². The molecule has 0 radical (unpaired) electrons. The Hall–Kier alpha value is -2.56. The van der Waals surface area contributed by atoms with Crippen LogP contribution < -0.4 is 4.74 Å². The summed E-state index contributed by atoms with van der Waals surface area (Å²) in [5.74, 6) is -5.22. The van der Waals surface area contributed by atoms with Crippen molar-refractivity contribution in [1.82, 2.24) is 0 Å². The number of hydrogen-bond acceptors (Lipinski definition) is 1. The first kappa shape index (κ1) is 14.4. The molecular weight excluding hydrogens is 296 g/mol. The Labute approximate surface area is 123 Å². The molecule has 0 aliphatic carbocycles. The van der Waals surface area contributed by atoms with Gasteiger partial charge in [0, 0.05) is 11.5 Å². The van der Waals surface area contributed by atoms with E-state index in [0.717, 1.165) is 0 Å². The molecule has 1 nitrogen and oxygen atoms in total. The molecule has 0 fully saturated rings. The molecule has 0 unspecified atom stereocenters. The lowest BCUT2D eigenvalue weighted by molar-refractivity contribution is 0.420. The van der Waals surface area contributed by atoms with Crippen LogP contribution in [0.2, 0.25) is 0 Å². The second-order valence-corrected chi connectivity index (χ2v) is 4.70. The Balaban J connectivity index is 2.43. The summed E-state index contributed by atoms with van der Waals surface area (Å²) in [6.45, 7) is 0. The molecule has 0 N–H and O–H groups in total. The molecule has 22 heavy (non-hydrogen) atoms. The van der Waals surface area contributed by atoms with Gasteiger partial charge in [-0.1, -0.05) is 24.3 Å². The van der Waals surface area contributed by atoms with Crippen LogP contribution in [0.25, 0.3) is 21.9 Å². The molecule has 0 heterocycles. The van der Waals surface area contributed by atoms with Gasteiger partial charge in [-0.2, -0.15) is 0 Å². The highest BCUT2D eigenvalue weighted by molar-refractivity contribution is 6.00. The highest BCUT2D eigenvalue weighted by Crippen LogP contribution is 2.37. The average molecular weight is 306 g/mol. The van der Waals surface area contributed by atoms with Gasteiger partial charge in [-0.3, -0.25) is 0 Å². The number of hydrogen-bond donors (Lipinski definition) is 0. The molecular formula is C17H10F4O. The van der Waals surface area contributed by atoms with E-state index in [4.69, 9.17) is 4.74 Å². The summed E-state index contributed by atoms with van der Waals surface area (Å²) in [6.07, 6.45) is 0. The summed E-state index contributed by atoms with van der Waals surface area (Å²) < 4.78 is 60.1. The molecule has 0 aromatic heterocycles. The number of rotatable bonds is 2. The van der Waals surface area contributed by atoms with Crippen LogP contribution >= 0.6 is 0 Å². The van der Waals surface area contributed by atoms with Crippen molar-refractivity contribution in [3.8, 4) is 16.9 Å². The van der Waals surface area contributed by atoms with Crippen LogP contribution in [0.1, 0.15) is 0 Å². The number of fused-ring (bicyclic) bond motifs is 1. The fourth-order valence-corrected chi connectivity index (χ4v) is 2.48. The maximum atomic E-state index is 14.0. The zero-order valence-electron chi connectivity index (χ0n) is 11.5. The van der Waals surface area contributed by atoms with Crippen molar-refractivity contribution in [3.63, 3.8) is 0 Å². The molecule has 0 atom stereocenters. The van der Waals surface area contributed by atoms with E-state index in [9.17, 15) is 17.6 Å². The van der Waals surface area contributed by atoms with Crippen LogP contribution in [0.4, 0.5) is 17.6 Å². The number of halogens is 4. The summed E-state index contributed by atoms with van der Waals surface area (Å²) in [5.41, 5.74) is -0.666. The largest absolute Gasteiger partial charge is 0.496 e. The zero-order valence-corrected chi connectivity index (χ0v) is 11.5. The first-order valence-corrected chi connectivity index (χ1v) is 6.43. The van der Waals surface area contributed by atoms with Gasteiger partial charge >= 0.3 is 0 Å². The van der Waals surface area contributed by atoms with E-state index in [1.165, 1.54) is 19.2 Å². The molecule has 0 aliphatic rings. The van der Waals surface area contributed by atoms with Gasteiger partial charge in [0.1, 0.15) is 5.75 Å². The fraction of sp³-hybridized carbons (Fsp3) is 0.0588. The molecule has 3 rings (SSSR count). The van der Waals surface area contributed by atoms with E-state index >= 15 is 0 Å². The fourth-order valence-electron chi connectivity index (χ4n) is 2.48. The van der Waals surface area contributed by atoms with Gasteiger partial charge in [0.05, 0.1) is 12.7 Å². The smallest absolute Gasteiger partial charge is 0.169 e. The Morgan fingerprint density at radius 2 is 1.36 bits per heavy atom. The maximum absolute atomic E-state index is 14.0. The van der Waals surface area contributed by atoms with Crippen molar-refractivity contribution in [1.29, 1.82) is 0 Å². The number of benzene rings is 3. The molecule has 3 aromatic carbocycles. The van der Waals surface area contributed by atoms with E-state index in [-0.39, 0.29) is 11.6 Å². The van der Waals surface area contributed by atoms with E-state index in [1.54, 1.807) is 24.3 Å². The maximum Gasteiger partial charge on any atom is 0.169 e. The van der Waals surface area contributed by atoms with Crippen LogP contribution in [-0.4, -0.2) is 7.11 Å². The summed E-state index contributed by atoms with van der Waals surface area (Å²) in [7, 11) is 1.46. The Kier molecular flexibility index (Phi) is 3.48. The third-order valence-electron chi connectivity index (χ3n) is 3.49. The Bertz CT molecular complexity index is 848. The van der Waals surface area contributed by atoms with E-state index in [2.05, 4.69) is 0 Å². The summed E-state index contributed by atoms with van der Waals surface area (Å²) >= 11 is 0. The highest BCUT2D eigenvalue weighted by atomic mass is 19.2. The number of ether oxygens (including phenoxy) is 1. The van der Waals surface area contributed by atoms with Crippen molar-refractivity contribution in [2.24, 2.45) is 0 Å². The minimum Gasteiger partial charge on any atom is -0.496 e. The van der Waals surface area contributed by atoms with Gasteiger partial charge in [-0.25, -0.2) is 17.6 Å². The molecule has 112 valence electrons. The quantitative estimate of drug-likeness (QED) is 0.474. The van der Waals surface area contributed by atoms with Crippen LogP contribution in [0, 0.1) is 23.3 Å². The summed E-state index contributed by atoms with van der Waals surface area (Å²) in [6, 6.07) is 9.77. The molecule has 0 saturated carbocycles. The third-order valence-corrected chi connectivity index (χ3v) is 3.49. The van der Waals surface area contributed by atoms with Crippen LogP contribution in [0.3, 0.4) is 0 Å². The lowest BCUT2D eigenvalue weighted by Crippen LogP contribution is -1.99. The Morgan fingerprint density at radius 3 is 1.95 bits per heavy atom. The van der Waals surface area contributed by atoms with Gasteiger partial charge in [-0.15, -0.1) is 0 Å². The van der Waals surface area contributed by atoms with Crippen molar-refractivity contribution < 1.29 is 22.3 Å². The second-order valence-electron chi connectivity index (χ2n) is 4.70. The lowest BCUT2D eigenvalue weighted by atomic mass is 9.96. The van der Waals surface area contributed by atoms with E-state index in [0.29, 0.717) is 16.5 Å². The molecule has 0 aliphatic heterocycles. The molecule has 0 amide bonds. The minimum absolute atomic E-state index is 0.0600. The first-order valence-electron chi connectivity index (χ1n) is 6.43. The molecule has 0 saturated heterocycles. The van der Waals surface area contributed by atoms with E-state index < -0.39 is 28.8 Å². The minimum atomic E-state index is -1.44. The van der Waals surface area contributed by atoms with E-state index in [1.807, 2.05) is 0 Å². The second kappa shape index (κ2) is 5.33. The van der Waals surface area contributed by atoms with Crippen molar-refractivity contribution in [2.45, 2.75) is 0 Å². The van der Waals surface area contributed by atoms with Gasteiger partial charge < -0.3 is 4.74 Å². The van der Waals surface area contributed by atoms with Gasteiger partial charge in [0.25, 0.3) is 0 Å². The van der Waals surface area contributed by atoms with Crippen molar-refractivity contribution in [2.75, 3.05) is 7.11 Å². The Morgan fingerprint density at radius 1 is 0.773 bits per heavy atom. The molecule has 0 spiro atoms. The monoisotopic (exact) mass is 306 g/mol. The summed E-state index contributed by atoms with van der Waals surface area (Å²) in [5, 5.41) is 1.02. The van der Waals surface area contributed by atoms with Crippen molar-refractivity contribution in [3.05, 3.63) is 65.7 Å². The zero-order chi connectivity index (χ0) is 15.9. The standard InChI is InChI=1S/C17H10F4O/c1-22-14-7-6-11(9-4-2-3-5-10(9)14)15-16(20)12(18)8-13(19)17(15)21/h2-8H,1H3. The number of methoxy groups -OCH3 is 1. The topological polar surface area (TPSA) is 9.23 Å². The average Bonchev–Trinajstić information content (AvgIpc) is 2.53.